The molecule has 0 radical (unpaired) electrons. The summed E-state index contributed by atoms with van der Waals surface area (Å²) in [6.45, 7) is 1.82. The maximum Gasteiger partial charge on any atom is 0.144 e. The molecule has 3 aromatic carbocycles. The van der Waals surface area contributed by atoms with Crippen LogP contribution < -0.4 is 0 Å². The van der Waals surface area contributed by atoms with Crippen LogP contribution >= 0.6 is 0 Å². The van der Waals surface area contributed by atoms with Crippen LogP contribution in [0.3, 0.4) is 0 Å². The molecule has 0 saturated carbocycles. The minimum Gasteiger partial charge on any atom is -0.338 e. The SMILES string of the molecule is Cc1cc(Cc2c(F)cccc2F)c2nc(-c3c(F)cccc3F)[nH]c2c1. The number of nitrogens with one attached hydrogen (secondary N) is 1. The predicted molar refractivity (Wildman–Crippen MR) is 95.3 cm³/mol. The lowest BCUT2D eigenvalue weighted by atomic mass is 10.0. The molecule has 4 rings (SSSR count). The molecule has 0 atom stereocenters. The molecule has 2 nitrogen and oxygen atoms in total. The van der Waals surface area contributed by atoms with E-state index in [-0.39, 0.29) is 23.4 Å². The fourth-order valence-corrected chi connectivity index (χ4v) is 3.22. The summed E-state index contributed by atoms with van der Waals surface area (Å²) in [6, 6.07) is 10.8. The fourth-order valence-electron chi connectivity index (χ4n) is 3.22. The van der Waals surface area contributed by atoms with E-state index >= 15 is 0 Å². The topological polar surface area (TPSA) is 28.7 Å². The third-order valence-corrected chi connectivity index (χ3v) is 4.44. The minimum atomic E-state index is -0.743. The summed E-state index contributed by atoms with van der Waals surface area (Å²) in [5, 5.41) is 0. The van der Waals surface area contributed by atoms with Gasteiger partial charge in [-0.1, -0.05) is 18.2 Å². The Morgan fingerprint density at radius 3 is 2.07 bits per heavy atom. The molecule has 1 N–H and O–H groups in total. The van der Waals surface area contributed by atoms with Crippen molar-refractivity contribution < 1.29 is 17.6 Å². The summed E-state index contributed by atoms with van der Waals surface area (Å²) in [5.74, 6) is -2.76. The Kier molecular flexibility index (Phi) is 4.18. The Hall–Kier alpha value is -3.15. The van der Waals surface area contributed by atoms with Crippen molar-refractivity contribution in [1.29, 1.82) is 0 Å². The van der Waals surface area contributed by atoms with Gasteiger partial charge in [0, 0.05) is 12.0 Å². The van der Waals surface area contributed by atoms with Gasteiger partial charge < -0.3 is 4.98 Å². The molecule has 0 aliphatic carbocycles. The zero-order valence-corrected chi connectivity index (χ0v) is 14.3. The van der Waals surface area contributed by atoms with E-state index in [4.69, 9.17) is 0 Å². The van der Waals surface area contributed by atoms with Gasteiger partial charge in [-0.25, -0.2) is 22.5 Å². The largest absolute Gasteiger partial charge is 0.338 e. The lowest BCUT2D eigenvalue weighted by Crippen LogP contribution is -1.98. The van der Waals surface area contributed by atoms with Crippen molar-refractivity contribution in [1.82, 2.24) is 9.97 Å². The third-order valence-electron chi connectivity index (χ3n) is 4.44. The number of halogens is 4. The number of hydrogen-bond acceptors (Lipinski definition) is 1. The van der Waals surface area contributed by atoms with Crippen LogP contribution in [0, 0.1) is 30.2 Å². The molecule has 4 aromatic rings. The van der Waals surface area contributed by atoms with E-state index in [2.05, 4.69) is 9.97 Å². The fraction of sp³-hybridized carbons (Fsp3) is 0.0952. The molecule has 0 bridgehead atoms. The minimum absolute atomic E-state index is 0.0270. The van der Waals surface area contributed by atoms with Gasteiger partial charge in [-0.2, -0.15) is 0 Å². The number of rotatable bonds is 3. The van der Waals surface area contributed by atoms with E-state index in [1.165, 1.54) is 24.3 Å². The van der Waals surface area contributed by atoms with Crippen molar-refractivity contribution in [2.45, 2.75) is 13.3 Å². The highest BCUT2D eigenvalue weighted by Gasteiger charge is 2.18. The monoisotopic (exact) mass is 370 g/mol. The highest BCUT2D eigenvalue weighted by Crippen LogP contribution is 2.29. The van der Waals surface area contributed by atoms with Crippen molar-refractivity contribution in [3.05, 3.63) is 88.5 Å². The standard InChI is InChI=1S/C21H14F4N2/c1-11-8-12(10-13-14(22)4-2-5-15(13)23)20-18(9-11)26-21(27-20)19-16(24)6-3-7-17(19)25/h2-9H,10H2,1H3,(H,26,27). The maximum atomic E-state index is 14.1. The number of benzene rings is 3. The van der Waals surface area contributed by atoms with Crippen LogP contribution in [0.15, 0.2) is 48.5 Å². The third kappa shape index (κ3) is 3.07. The van der Waals surface area contributed by atoms with Crippen molar-refractivity contribution in [3.63, 3.8) is 0 Å². The van der Waals surface area contributed by atoms with Crippen molar-refractivity contribution in [2.75, 3.05) is 0 Å². The van der Waals surface area contributed by atoms with Crippen LogP contribution in [0.1, 0.15) is 16.7 Å². The molecule has 136 valence electrons. The van der Waals surface area contributed by atoms with Crippen LogP contribution in [0.25, 0.3) is 22.4 Å². The van der Waals surface area contributed by atoms with E-state index in [1.54, 1.807) is 12.1 Å². The summed E-state index contributed by atoms with van der Waals surface area (Å²) >= 11 is 0. The Balaban J connectivity index is 1.89. The van der Waals surface area contributed by atoms with E-state index in [0.717, 1.165) is 17.7 Å². The Morgan fingerprint density at radius 2 is 1.44 bits per heavy atom. The first-order valence-electron chi connectivity index (χ1n) is 8.30. The first kappa shape index (κ1) is 17.3. The van der Waals surface area contributed by atoms with Gasteiger partial charge in [-0.05, 0) is 48.4 Å². The molecule has 27 heavy (non-hydrogen) atoms. The van der Waals surface area contributed by atoms with Gasteiger partial charge in [0.2, 0.25) is 0 Å². The second kappa shape index (κ2) is 6.54. The highest BCUT2D eigenvalue weighted by molar-refractivity contribution is 5.83. The molecule has 0 aliphatic rings. The van der Waals surface area contributed by atoms with Crippen molar-refractivity contribution in [2.24, 2.45) is 0 Å². The van der Waals surface area contributed by atoms with Crippen molar-refractivity contribution in [3.8, 4) is 11.4 Å². The smallest absolute Gasteiger partial charge is 0.144 e. The molecule has 0 saturated heterocycles. The van der Waals surface area contributed by atoms with Crippen LogP contribution in [-0.2, 0) is 6.42 Å². The number of aryl methyl sites for hydroxylation is 1. The molecule has 0 unspecified atom stereocenters. The Bertz CT molecular complexity index is 1120. The van der Waals surface area contributed by atoms with Crippen LogP contribution in [0.4, 0.5) is 17.6 Å². The molecule has 1 heterocycles. The predicted octanol–water partition coefficient (Wildman–Crippen LogP) is 5.69. The summed E-state index contributed by atoms with van der Waals surface area (Å²) < 4.78 is 56.3. The summed E-state index contributed by atoms with van der Waals surface area (Å²) in [4.78, 5) is 7.23. The average Bonchev–Trinajstić information content (AvgIpc) is 3.01. The van der Waals surface area contributed by atoms with E-state index in [9.17, 15) is 17.6 Å². The first-order chi connectivity index (χ1) is 12.9. The quantitative estimate of drug-likeness (QED) is 0.462. The Labute approximate surface area is 152 Å². The van der Waals surface area contributed by atoms with Crippen LogP contribution in [0.5, 0.6) is 0 Å². The zero-order valence-electron chi connectivity index (χ0n) is 14.3. The van der Waals surface area contributed by atoms with E-state index in [0.29, 0.717) is 16.6 Å². The molecule has 1 aromatic heterocycles. The van der Waals surface area contributed by atoms with Gasteiger partial charge in [-0.3, -0.25) is 0 Å². The molecular weight excluding hydrogens is 356 g/mol. The summed E-state index contributed by atoms with van der Waals surface area (Å²) in [6.07, 6.45) is -0.0270. The normalized spacial score (nSPS) is 11.3. The molecule has 0 aliphatic heterocycles. The highest BCUT2D eigenvalue weighted by atomic mass is 19.1. The van der Waals surface area contributed by atoms with Crippen LogP contribution in [-0.4, -0.2) is 9.97 Å². The van der Waals surface area contributed by atoms with Crippen LogP contribution in [0.2, 0.25) is 0 Å². The second-order valence-electron chi connectivity index (χ2n) is 6.38. The number of aromatic nitrogens is 2. The van der Waals surface area contributed by atoms with Gasteiger partial charge >= 0.3 is 0 Å². The van der Waals surface area contributed by atoms with Gasteiger partial charge in [0.25, 0.3) is 0 Å². The Morgan fingerprint density at radius 1 is 0.852 bits per heavy atom. The number of aromatic amines is 1. The average molecular weight is 370 g/mol. The zero-order chi connectivity index (χ0) is 19.1. The first-order valence-corrected chi connectivity index (χ1v) is 8.30. The lowest BCUT2D eigenvalue weighted by molar-refractivity contribution is 0.561. The van der Waals surface area contributed by atoms with Crippen molar-refractivity contribution >= 4 is 11.0 Å². The second-order valence-corrected chi connectivity index (χ2v) is 6.38. The number of fused-ring (bicyclic) bond motifs is 1. The molecule has 6 heteroatoms. The maximum absolute atomic E-state index is 14.1. The van der Waals surface area contributed by atoms with Gasteiger partial charge in [0.15, 0.2) is 0 Å². The lowest BCUT2D eigenvalue weighted by Gasteiger charge is -2.07. The van der Waals surface area contributed by atoms with Gasteiger partial charge in [-0.15, -0.1) is 0 Å². The van der Waals surface area contributed by atoms with E-state index in [1.807, 2.05) is 6.92 Å². The summed E-state index contributed by atoms with van der Waals surface area (Å²) in [7, 11) is 0. The number of H-pyrrole nitrogens is 1. The molecule has 0 fully saturated rings. The number of imidazole rings is 1. The number of hydrogen-bond donors (Lipinski definition) is 1. The summed E-state index contributed by atoms with van der Waals surface area (Å²) in [5.41, 5.74) is 2.01. The molecule has 0 spiro atoms. The molecule has 0 amide bonds. The van der Waals surface area contributed by atoms with E-state index < -0.39 is 23.3 Å². The van der Waals surface area contributed by atoms with Gasteiger partial charge in [0.05, 0.1) is 16.6 Å². The number of nitrogens with zero attached hydrogens (tertiary/aromatic N) is 1. The molecular formula is C21H14F4N2. The van der Waals surface area contributed by atoms with Gasteiger partial charge in [0.1, 0.15) is 29.1 Å².